The molecule has 1 aromatic rings. The van der Waals surface area contributed by atoms with E-state index in [9.17, 15) is 0 Å². The third-order valence-corrected chi connectivity index (χ3v) is 9.10. The summed E-state index contributed by atoms with van der Waals surface area (Å²) in [5.74, 6) is 1.61. The van der Waals surface area contributed by atoms with Crippen LogP contribution in [-0.2, 0) is 19.5 Å². The van der Waals surface area contributed by atoms with Crippen LogP contribution in [0.1, 0.15) is 213 Å². The number of unbranched alkanes of at least 4 members (excludes halogenated alkanes) is 26. The molecule has 0 radical (unpaired) electrons. The zero-order chi connectivity index (χ0) is 28.8. The van der Waals surface area contributed by atoms with Gasteiger partial charge in [-0.25, -0.2) is 9.13 Å². The highest BCUT2D eigenvalue weighted by molar-refractivity contribution is 4.84. The fourth-order valence-corrected chi connectivity index (χ4v) is 6.33. The van der Waals surface area contributed by atoms with E-state index in [-0.39, 0.29) is 0 Å². The van der Waals surface area contributed by atoms with E-state index in [0.717, 1.165) is 0 Å². The van der Waals surface area contributed by atoms with Gasteiger partial charge in [-0.1, -0.05) is 175 Å². The van der Waals surface area contributed by atoms with Gasteiger partial charge in [-0.05, 0) is 32.1 Å². The number of hydrogen-bond acceptors (Lipinski definition) is 0. The van der Waals surface area contributed by atoms with Crippen molar-refractivity contribution < 1.29 is 4.57 Å². The fourth-order valence-electron chi connectivity index (χ4n) is 6.33. The summed E-state index contributed by atoms with van der Waals surface area (Å²) in [4.78, 5) is 0. The molecule has 0 fully saturated rings. The summed E-state index contributed by atoms with van der Waals surface area (Å²) in [7, 11) is 0. The first kappa shape index (κ1) is 37.2. The van der Waals surface area contributed by atoms with E-state index < -0.39 is 0 Å². The van der Waals surface area contributed by atoms with Crippen LogP contribution in [0.3, 0.4) is 0 Å². The third kappa shape index (κ3) is 21.9. The Morgan fingerprint density at radius 2 is 0.775 bits per heavy atom. The lowest BCUT2D eigenvalue weighted by Gasteiger charge is -2.07. The summed E-state index contributed by atoms with van der Waals surface area (Å²) in [5.41, 5.74) is 0. The molecule has 0 amide bonds. The summed E-state index contributed by atoms with van der Waals surface area (Å²) in [5, 5.41) is 0. The third-order valence-electron chi connectivity index (χ3n) is 9.10. The first-order valence-electron chi connectivity index (χ1n) is 18.9. The Bertz CT molecular complexity index is 619. The Morgan fingerprint density at radius 3 is 1.20 bits per heavy atom. The molecule has 1 aromatic heterocycles. The van der Waals surface area contributed by atoms with E-state index in [2.05, 4.69) is 42.3 Å². The molecule has 1 rings (SSSR count). The van der Waals surface area contributed by atoms with E-state index in [1.807, 2.05) is 0 Å². The zero-order valence-electron chi connectivity index (χ0n) is 28.2. The van der Waals surface area contributed by atoms with Crippen LogP contribution in [0.2, 0.25) is 0 Å². The molecule has 0 aliphatic carbocycles. The lowest BCUT2D eigenvalue weighted by molar-refractivity contribution is -0.704. The SMILES string of the molecule is CCCCCCCCCCCCCCCn1cc[n+](CCCCCCCCCCCCC)c1CCCCCCC. The van der Waals surface area contributed by atoms with Gasteiger partial charge >= 0.3 is 0 Å². The average Bonchev–Trinajstić information content (AvgIpc) is 3.35. The van der Waals surface area contributed by atoms with Crippen LogP contribution in [0.5, 0.6) is 0 Å². The molecule has 2 nitrogen and oxygen atoms in total. The van der Waals surface area contributed by atoms with Gasteiger partial charge in [-0.3, -0.25) is 0 Å². The van der Waals surface area contributed by atoms with Crippen LogP contribution < -0.4 is 4.57 Å². The molecule has 0 unspecified atom stereocenters. The number of nitrogens with zero attached hydrogens (tertiary/aromatic N) is 2. The molecule has 236 valence electrons. The average molecular weight is 560 g/mol. The van der Waals surface area contributed by atoms with Crippen LogP contribution >= 0.6 is 0 Å². The number of rotatable bonds is 32. The molecule has 0 N–H and O–H groups in total. The highest BCUT2D eigenvalue weighted by Crippen LogP contribution is 2.15. The quantitative estimate of drug-likeness (QED) is 0.0613. The number of aromatic nitrogens is 2. The van der Waals surface area contributed by atoms with Crippen molar-refractivity contribution in [1.29, 1.82) is 0 Å². The van der Waals surface area contributed by atoms with Crippen LogP contribution in [-0.4, -0.2) is 4.57 Å². The molecule has 2 heteroatoms. The Labute approximate surface area is 253 Å². The fraction of sp³-hybridized carbons (Fsp3) is 0.921. The number of imidazole rings is 1. The lowest BCUT2D eigenvalue weighted by Crippen LogP contribution is -2.37. The topological polar surface area (TPSA) is 8.81 Å². The summed E-state index contributed by atoms with van der Waals surface area (Å²) >= 11 is 0. The van der Waals surface area contributed by atoms with Gasteiger partial charge in [0.2, 0.25) is 0 Å². The minimum absolute atomic E-state index is 1.23. The van der Waals surface area contributed by atoms with E-state index >= 15 is 0 Å². The standard InChI is InChI=1S/C38H75N2/c1-4-7-10-13-15-17-19-20-22-24-26-29-32-35-40-37-36-39(38(40)33-30-27-12-9-6-3)34-31-28-25-23-21-18-16-14-11-8-5-2/h36-37H,4-35H2,1-3H3/q+1. The summed E-state index contributed by atoms with van der Waals surface area (Å²) < 4.78 is 5.24. The van der Waals surface area contributed by atoms with E-state index in [4.69, 9.17) is 0 Å². The first-order valence-corrected chi connectivity index (χ1v) is 18.9. The Balaban J connectivity index is 2.22. The maximum atomic E-state index is 2.62. The summed E-state index contributed by atoms with van der Waals surface area (Å²) in [6, 6.07) is 0. The largest absolute Gasteiger partial charge is 0.256 e. The molecule has 0 saturated carbocycles. The van der Waals surface area contributed by atoms with Gasteiger partial charge in [0.15, 0.2) is 0 Å². The van der Waals surface area contributed by atoms with Gasteiger partial charge < -0.3 is 0 Å². The second-order valence-electron chi connectivity index (χ2n) is 13.0. The van der Waals surface area contributed by atoms with Crippen molar-refractivity contribution in [1.82, 2.24) is 4.57 Å². The van der Waals surface area contributed by atoms with Crippen molar-refractivity contribution >= 4 is 0 Å². The minimum Gasteiger partial charge on any atom is -0.234 e. The van der Waals surface area contributed by atoms with Gasteiger partial charge in [-0.2, -0.15) is 0 Å². The van der Waals surface area contributed by atoms with Gasteiger partial charge in [0.25, 0.3) is 5.82 Å². The van der Waals surface area contributed by atoms with Crippen LogP contribution in [0, 0.1) is 0 Å². The Kier molecular flexibility index (Phi) is 27.6. The van der Waals surface area contributed by atoms with Crippen molar-refractivity contribution in [3.05, 3.63) is 18.2 Å². The second kappa shape index (κ2) is 29.7. The maximum Gasteiger partial charge on any atom is 0.256 e. The predicted octanol–water partition coefficient (Wildman–Crippen LogP) is 12.7. The first-order chi connectivity index (χ1) is 19.8. The molecular formula is C38H75N2+. The highest BCUT2D eigenvalue weighted by Gasteiger charge is 2.16. The van der Waals surface area contributed by atoms with E-state index in [1.54, 1.807) is 5.82 Å². The highest BCUT2D eigenvalue weighted by atomic mass is 15.1. The molecule has 0 saturated heterocycles. The number of hydrogen-bond donors (Lipinski definition) is 0. The van der Waals surface area contributed by atoms with Gasteiger partial charge in [-0.15, -0.1) is 0 Å². The molecule has 0 spiro atoms. The Hall–Kier alpha value is -0.790. The van der Waals surface area contributed by atoms with Crippen molar-refractivity contribution in [3.63, 3.8) is 0 Å². The molecule has 0 aromatic carbocycles. The van der Waals surface area contributed by atoms with Gasteiger partial charge in [0.05, 0.1) is 13.1 Å². The molecular weight excluding hydrogens is 484 g/mol. The summed E-state index contributed by atoms with van der Waals surface area (Å²) in [6.45, 7) is 9.40. The monoisotopic (exact) mass is 560 g/mol. The smallest absolute Gasteiger partial charge is 0.234 e. The second-order valence-corrected chi connectivity index (χ2v) is 13.0. The van der Waals surface area contributed by atoms with Crippen molar-refractivity contribution in [2.45, 2.75) is 226 Å². The number of aryl methyl sites for hydroxylation is 2. The van der Waals surface area contributed by atoms with E-state index in [0.29, 0.717) is 0 Å². The minimum atomic E-state index is 1.23. The Morgan fingerprint density at radius 1 is 0.425 bits per heavy atom. The summed E-state index contributed by atoms with van der Waals surface area (Å²) in [6.07, 6.45) is 47.4. The zero-order valence-corrected chi connectivity index (χ0v) is 28.2. The molecule has 0 aliphatic rings. The molecule has 0 atom stereocenters. The van der Waals surface area contributed by atoms with Crippen molar-refractivity contribution in [3.8, 4) is 0 Å². The van der Waals surface area contributed by atoms with Gasteiger partial charge in [0.1, 0.15) is 12.4 Å². The molecule has 0 aliphatic heterocycles. The van der Waals surface area contributed by atoms with Crippen molar-refractivity contribution in [2.75, 3.05) is 0 Å². The predicted molar refractivity (Wildman–Crippen MR) is 179 cm³/mol. The molecule has 40 heavy (non-hydrogen) atoms. The van der Waals surface area contributed by atoms with Crippen molar-refractivity contribution in [2.24, 2.45) is 0 Å². The van der Waals surface area contributed by atoms with Crippen LogP contribution in [0.4, 0.5) is 0 Å². The van der Waals surface area contributed by atoms with Gasteiger partial charge in [0, 0.05) is 6.42 Å². The van der Waals surface area contributed by atoms with E-state index in [1.165, 1.54) is 206 Å². The molecule has 0 bridgehead atoms. The van der Waals surface area contributed by atoms with Crippen LogP contribution in [0.15, 0.2) is 12.4 Å². The van der Waals surface area contributed by atoms with Crippen LogP contribution in [0.25, 0.3) is 0 Å². The normalized spacial score (nSPS) is 11.6. The molecule has 1 heterocycles. The lowest BCUT2D eigenvalue weighted by atomic mass is 10.0. The maximum absolute atomic E-state index is 2.62.